The van der Waals surface area contributed by atoms with Gasteiger partial charge in [-0.05, 0) is 58.4 Å². The van der Waals surface area contributed by atoms with Crippen LogP contribution in [0.3, 0.4) is 0 Å². The van der Waals surface area contributed by atoms with Crippen LogP contribution in [0.4, 0.5) is 9.59 Å². The van der Waals surface area contributed by atoms with Crippen LogP contribution in [0.25, 0.3) is 0 Å². The minimum absolute atomic E-state index is 0.153. The number of nitrogens with zero attached hydrogens (tertiary/aromatic N) is 2. The summed E-state index contributed by atoms with van der Waals surface area (Å²) in [4.78, 5) is 43.0. The van der Waals surface area contributed by atoms with Gasteiger partial charge in [0.05, 0.1) is 20.3 Å². The van der Waals surface area contributed by atoms with Crippen molar-refractivity contribution in [3.63, 3.8) is 0 Å². The van der Waals surface area contributed by atoms with E-state index in [2.05, 4.69) is 5.32 Å². The average Bonchev–Trinajstić information content (AvgIpc) is 3.38. The third-order valence-electron chi connectivity index (χ3n) is 7.05. The molecule has 0 spiro atoms. The van der Waals surface area contributed by atoms with Crippen molar-refractivity contribution in [3.8, 4) is 11.5 Å². The van der Waals surface area contributed by atoms with Crippen molar-refractivity contribution in [2.45, 2.75) is 65.3 Å². The van der Waals surface area contributed by atoms with Crippen LogP contribution in [0.2, 0.25) is 0 Å². The molecule has 3 rings (SSSR count). The van der Waals surface area contributed by atoms with E-state index in [0.29, 0.717) is 43.2 Å². The number of methoxy groups -OCH3 is 2. The second-order valence-electron chi connectivity index (χ2n) is 12.0. The Kier molecular flexibility index (Phi) is 12.7. The van der Waals surface area contributed by atoms with Gasteiger partial charge in [-0.2, -0.15) is 0 Å². The lowest BCUT2D eigenvalue weighted by Gasteiger charge is -2.31. The second-order valence-corrected chi connectivity index (χ2v) is 12.0. The van der Waals surface area contributed by atoms with Gasteiger partial charge in [0.2, 0.25) is 0 Å². The van der Waals surface area contributed by atoms with Crippen LogP contribution in [-0.4, -0.2) is 92.7 Å². The number of nitrogens with one attached hydrogen (secondary N) is 1. The molecule has 1 heterocycles. The molecule has 3 amide bonds. The lowest BCUT2D eigenvalue weighted by molar-refractivity contribution is 0.0258. The first-order valence-electron chi connectivity index (χ1n) is 15.0. The highest BCUT2D eigenvalue weighted by molar-refractivity contribution is 5.95. The van der Waals surface area contributed by atoms with E-state index >= 15 is 0 Å². The van der Waals surface area contributed by atoms with Gasteiger partial charge in [0.25, 0.3) is 5.91 Å². The molecule has 0 aromatic heterocycles. The van der Waals surface area contributed by atoms with E-state index in [4.69, 9.17) is 23.7 Å². The highest BCUT2D eigenvalue weighted by atomic mass is 16.6. The summed E-state index contributed by atoms with van der Waals surface area (Å²) >= 11 is 0. The SMILES string of the molecule is COCCCOc1cc(C(=O)N(C[C@@H]2CN(C(=O)OC(C)(C)C)C[C@H]2OC(=O)NCc2ccccc2)C(C)C)ccc1OC. The number of amides is 3. The normalized spacial score (nSPS) is 16.4. The first-order chi connectivity index (χ1) is 20.9. The molecule has 1 aliphatic rings. The number of hydrogen-bond acceptors (Lipinski definition) is 8. The Morgan fingerprint density at radius 2 is 1.73 bits per heavy atom. The molecule has 0 saturated carbocycles. The van der Waals surface area contributed by atoms with E-state index in [9.17, 15) is 14.4 Å². The Balaban J connectivity index is 1.78. The summed E-state index contributed by atoms with van der Waals surface area (Å²) in [6.45, 7) is 11.2. The van der Waals surface area contributed by atoms with Crippen LogP contribution >= 0.6 is 0 Å². The molecule has 1 aliphatic heterocycles. The van der Waals surface area contributed by atoms with Gasteiger partial charge < -0.3 is 38.8 Å². The van der Waals surface area contributed by atoms with Gasteiger partial charge in [0.15, 0.2) is 11.5 Å². The van der Waals surface area contributed by atoms with E-state index in [1.807, 2.05) is 44.2 Å². The minimum atomic E-state index is -0.684. The molecule has 2 atom stereocenters. The van der Waals surface area contributed by atoms with Crippen molar-refractivity contribution in [1.82, 2.24) is 15.1 Å². The standard InChI is InChI=1S/C33H47N3O8/c1-23(2)36(30(37)25-14-15-27(41-7)28(18-25)42-17-11-16-40-6)21-26-20-35(32(39)44-33(3,4)5)22-29(26)43-31(38)34-19-24-12-9-8-10-13-24/h8-10,12-15,18,23,26,29H,11,16-17,19-22H2,1-7H3,(H,34,38)/t26-,29+/m0/s1. The van der Waals surface area contributed by atoms with Crippen molar-refractivity contribution in [2.24, 2.45) is 5.92 Å². The third-order valence-corrected chi connectivity index (χ3v) is 7.05. The zero-order valence-corrected chi connectivity index (χ0v) is 27.0. The Morgan fingerprint density at radius 3 is 2.36 bits per heavy atom. The first-order valence-corrected chi connectivity index (χ1v) is 15.0. The average molecular weight is 614 g/mol. The zero-order valence-electron chi connectivity index (χ0n) is 27.0. The number of carbonyl (C=O) groups is 3. The summed E-state index contributed by atoms with van der Waals surface area (Å²) in [6.07, 6.45) is -1.05. The molecule has 0 radical (unpaired) electrons. The second kappa shape index (κ2) is 16.2. The fourth-order valence-electron chi connectivity index (χ4n) is 4.83. The van der Waals surface area contributed by atoms with Gasteiger partial charge in [-0.25, -0.2) is 9.59 Å². The summed E-state index contributed by atoms with van der Waals surface area (Å²) in [6, 6.07) is 14.4. The van der Waals surface area contributed by atoms with Gasteiger partial charge in [-0.3, -0.25) is 4.79 Å². The van der Waals surface area contributed by atoms with E-state index in [1.54, 1.807) is 58.1 Å². The molecule has 2 aromatic rings. The number of hydrogen-bond donors (Lipinski definition) is 1. The van der Waals surface area contributed by atoms with Crippen LogP contribution in [-0.2, 0) is 20.8 Å². The lowest BCUT2D eigenvalue weighted by Crippen LogP contribution is -2.44. The molecular formula is C33H47N3O8. The minimum Gasteiger partial charge on any atom is -0.493 e. The molecule has 1 fully saturated rings. The van der Waals surface area contributed by atoms with Crippen LogP contribution < -0.4 is 14.8 Å². The Labute approximate surface area is 260 Å². The van der Waals surface area contributed by atoms with Crippen molar-refractivity contribution in [3.05, 3.63) is 59.7 Å². The number of benzene rings is 2. The Morgan fingerprint density at radius 1 is 1.00 bits per heavy atom. The predicted molar refractivity (Wildman–Crippen MR) is 166 cm³/mol. The van der Waals surface area contributed by atoms with Crippen molar-refractivity contribution >= 4 is 18.1 Å². The molecule has 0 unspecified atom stereocenters. The van der Waals surface area contributed by atoms with Crippen molar-refractivity contribution < 1.29 is 38.1 Å². The molecule has 11 nitrogen and oxygen atoms in total. The van der Waals surface area contributed by atoms with Gasteiger partial charge >= 0.3 is 12.2 Å². The molecule has 2 aromatic carbocycles. The highest BCUT2D eigenvalue weighted by Crippen LogP contribution is 2.30. The van der Waals surface area contributed by atoms with E-state index in [1.165, 1.54) is 4.90 Å². The maximum atomic E-state index is 13.9. The summed E-state index contributed by atoms with van der Waals surface area (Å²) in [5.74, 6) is 0.423. The smallest absolute Gasteiger partial charge is 0.410 e. The highest BCUT2D eigenvalue weighted by Gasteiger charge is 2.41. The third kappa shape index (κ3) is 10.3. The zero-order chi connectivity index (χ0) is 32.3. The van der Waals surface area contributed by atoms with E-state index < -0.39 is 23.9 Å². The van der Waals surface area contributed by atoms with Gasteiger partial charge in [0.1, 0.15) is 11.7 Å². The van der Waals surface area contributed by atoms with Crippen molar-refractivity contribution in [2.75, 3.05) is 47.1 Å². The monoisotopic (exact) mass is 613 g/mol. The van der Waals surface area contributed by atoms with Crippen LogP contribution in [0.1, 0.15) is 57.0 Å². The predicted octanol–water partition coefficient (Wildman–Crippen LogP) is 5.12. The molecule has 1 saturated heterocycles. The van der Waals surface area contributed by atoms with Crippen molar-refractivity contribution in [1.29, 1.82) is 0 Å². The summed E-state index contributed by atoms with van der Waals surface area (Å²) in [5.41, 5.74) is 0.679. The van der Waals surface area contributed by atoms with Crippen LogP contribution in [0, 0.1) is 5.92 Å². The molecule has 0 bridgehead atoms. The quantitative estimate of drug-likeness (QED) is 0.310. The van der Waals surface area contributed by atoms with Gasteiger partial charge in [-0.15, -0.1) is 0 Å². The summed E-state index contributed by atoms with van der Waals surface area (Å²) in [5, 5.41) is 2.79. The fraction of sp³-hybridized carbons (Fsp3) is 0.545. The number of ether oxygens (including phenoxy) is 5. The van der Waals surface area contributed by atoms with Crippen LogP contribution in [0.5, 0.6) is 11.5 Å². The molecule has 44 heavy (non-hydrogen) atoms. The molecule has 11 heteroatoms. The Hall–Kier alpha value is -3.99. The number of alkyl carbamates (subject to hydrolysis) is 1. The molecule has 1 N–H and O–H groups in total. The summed E-state index contributed by atoms with van der Waals surface area (Å²) in [7, 11) is 3.18. The number of carbonyl (C=O) groups excluding carboxylic acids is 3. The molecule has 242 valence electrons. The van der Waals surface area contributed by atoms with Crippen LogP contribution in [0.15, 0.2) is 48.5 Å². The largest absolute Gasteiger partial charge is 0.493 e. The van der Waals surface area contributed by atoms with Gasteiger partial charge in [-0.1, -0.05) is 30.3 Å². The maximum absolute atomic E-state index is 13.9. The van der Waals surface area contributed by atoms with Gasteiger partial charge in [0, 0.05) is 57.3 Å². The fourth-order valence-corrected chi connectivity index (χ4v) is 4.83. The van der Waals surface area contributed by atoms with E-state index in [0.717, 1.165) is 5.56 Å². The maximum Gasteiger partial charge on any atom is 0.410 e. The number of rotatable bonds is 13. The number of likely N-dealkylation sites (tertiary alicyclic amines) is 1. The van der Waals surface area contributed by atoms with E-state index in [-0.39, 0.29) is 37.5 Å². The first kappa shape index (κ1) is 34.5. The Bertz CT molecular complexity index is 1230. The molecule has 0 aliphatic carbocycles. The summed E-state index contributed by atoms with van der Waals surface area (Å²) < 4.78 is 27.9. The topological polar surface area (TPSA) is 116 Å². The lowest BCUT2D eigenvalue weighted by atomic mass is 10.0. The molecular weight excluding hydrogens is 566 g/mol.